The van der Waals surface area contributed by atoms with Crippen LogP contribution in [-0.2, 0) is 9.63 Å². The van der Waals surface area contributed by atoms with Crippen LogP contribution in [0.5, 0.6) is 0 Å². The molecule has 1 unspecified atom stereocenters. The molecule has 1 aliphatic rings. The molecule has 2 rings (SSSR count). The number of aliphatic imine (C=N–C) groups is 1. The van der Waals surface area contributed by atoms with Crippen molar-refractivity contribution in [2.24, 2.45) is 4.99 Å². The van der Waals surface area contributed by atoms with Gasteiger partial charge in [0.1, 0.15) is 0 Å². The van der Waals surface area contributed by atoms with E-state index in [1.54, 1.807) is 32.9 Å². The second kappa shape index (κ2) is 9.27. The Bertz CT molecular complexity index is 870. The minimum atomic E-state index is -1.11. The Hall–Kier alpha value is -3.00. The maximum atomic E-state index is 12.0. The number of allylic oxidation sites excluding steroid dienone is 3. The highest BCUT2D eigenvalue weighted by Crippen LogP contribution is 2.40. The lowest BCUT2D eigenvalue weighted by atomic mass is 9.79. The Labute approximate surface area is 163 Å². The first-order valence-corrected chi connectivity index (χ1v) is 9.10. The number of nitro benzene ring substituents is 1. The Morgan fingerprint density at radius 3 is 2.71 bits per heavy atom. The number of nitrogens with zero attached hydrogens (tertiary/aromatic N) is 2. The molecule has 0 saturated heterocycles. The van der Waals surface area contributed by atoms with Crippen LogP contribution >= 0.6 is 0 Å². The normalized spacial score (nSPS) is 18.6. The fraction of sp³-hybridized carbons (Fsp3) is 0.400. The predicted octanol–water partition coefficient (Wildman–Crippen LogP) is 4.11. The highest BCUT2D eigenvalue weighted by atomic mass is 16.6. The zero-order valence-electron chi connectivity index (χ0n) is 16.5. The lowest BCUT2D eigenvalue weighted by molar-refractivity contribution is -0.384. The van der Waals surface area contributed by atoms with Crippen molar-refractivity contribution in [3.05, 3.63) is 62.5 Å². The Morgan fingerprint density at radius 2 is 2.11 bits per heavy atom. The fourth-order valence-corrected chi connectivity index (χ4v) is 3.28. The van der Waals surface area contributed by atoms with Gasteiger partial charge in [0.2, 0.25) is 0 Å². The molecule has 8 heteroatoms. The number of nitrogens with one attached hydrogen (secondary N) is 1. The van der Waals surface area contributed by atoms with Crippen LogP contribution in [-0.4, -0.2) is 28.3 Å². The quantitative estimate of drug-likeness (QED) is 0.394. The largest absolute Gasteiger partial charge is 0.478 e. The number of carboxylic acids is 1. The van der Waals surface area contributed by atoms with E-state index in [0.29, 0.717) is 34.8 Å². The molecular formula is C20H25N3O5. The lowest BCUT2D eigenvalue weighted by Gasteiger charge is -2.28. The Morgan fingerprint density at radius 1 is 1.39 bits per heavy atom. The van der Waals surface area contributed by atoms with Crippen molar-refractivity contribution in [2.75, 3.05) is 6.61 Å². The number of unbranched alkanes of at least 4 members (excludes halogenated alkanes) is 1. The van der Waals surface area contributed by atoms with Crippen molar-refractivity contribution in [3.8, 4) is 0 Å². The van der Waals surface area contributed by atoms with Crippen LogP contribution < -0.4 is 5.48 Å². The van der Waals surface area contributed by atoms with Gasteiger partial charge in [-0.15, -0.1) is 0 Å². The number of rotatable bonds is 8. The van der Waals surface area contributed by atoms with Gasteiger partial charge < -0.3 is 5.11 Å². The van der Waals surface area contributed by atoms with Gasteiger partial charge in [-0.1, -0.05) is 25.5 Å². The van der Waals surface area contributed by atoms with E-state index in [-0.39, 0.29) is 11.3 Å². The van der Waals surface area contributed by atoms with Gasteiger partial charge in [-0.05, 0) is 32.8 Å². The molecule has 0 amide bonds. The zero-order valence-corrected chi connectivity index (χ0v) is 16.5. The van der Waals surface area contributed by atoms with Crippen molar-refractivity contribution in [2.45, 2.75) is 46.5 Å². The summed E-state index contributed by atoms with van der Waals surface area (Å²) in [4.78, 5) is 32.6. The van der Waals surface area contributed by atoms with Gasteiger partial charge in [0.05, 0.1) is 17.1 Å². The van der Waals surface area contributed by atoms with Crippen molar-refractivity contribution < 1.29 is 19.7 Å². The first kappa shape index (κ1) is 21.3. The van der Waals surface area contributed by atoms with Crippen molar-refractivity contribution in [1.82, 2.24) is 5.48 Å². The third-order valence-electron chi connectivity index (χ3n) is 4.57. The number of non-ortho nitro benzene ring substituents is 1. The molecule has 0 aliphatic carbocycles. The number of aliphatic carboxylic acids is 1. The molecule has 2 N–H and O–H groups in total. The van der Waals surface area contributed by atoms with Gasteiger partial charge in [-0.2, -0.15) is 0 Å². The van der Waals surface area contributed by atoms with Crippen molar-refractivity contribution in [1.29, 1.82) is 0 Å². The number of benzene rings is 1. The summed E-state index contributed by atoms with van der Waals surface area (Å²) in [6.07, 6.45) is 1.87. The summed E-state index contributed by atoms with van der Waals surface area (Å²) in [6, 6.07) is 6.04. The molecule has 0 radical (unpaired) electrons. The summed E-state index contributed by atoms with van der Waals surface area (Å²) in [5, 5.41) is 21.0. The highest BCUT2D eigenvalue weighted by Gasteiger charge is 2.34. The molecule has 28 heavy (non-hydrogen) atoms. The van der Waals surface area contributed by atoms with Crippen LogP contribution in [0, 0.1) is 10.1 Å². The fourth-order valence-electron chi connectivity index (χ4n) is 3.28. The molecule has 0 aromatic heterocycles. The van der Waals surface area contributed by atoms with E-state index >= 15 is 0 Å². The molecule has 1 heterocycles. The molecule has 1 aliphatic heterocycles. The van der Waals surface area contributed by atoms with Crippen LogP contribution in [0.25, 0.3) is 0 Å². The zero-order chi connectivity index (χ0) is 20.8. The summed E-state index contributed by atoms with van der Waals surface area (Å²) in [6.45, 7) is 7.77. The number of carbonyl (C=O) groups is 1. The molecule has 1 atom stereocenters. The van der Waals surface area contributed by atoms with Crippen LogP contribution in [0.2, 0.25) is 0 Å². The standard InChI is InChI=1S/C20H25N3O5/c1-5-6-10-28-22-14(4)17-12(2)21-13(3)18(20(24)25)19(17)15-8-7-9-16(11-15)23(26)27/h7-9,11,19,22H,5-6,10H2,1-4H3,(H,24,25). The van der Waals surface area contributed by atoms with E-state index in [2.05, 4.69) is 17.4 Å². The smallest absolute Gasteiger partial charge is 0.334 e. The average Bonchev–Trinajstić information content (AvgIpc) is 2.64. The van der Waals surface area contributed by atoms with E-state index in [1.807, 2.05) is 0 Å². The Balaban J connectivity index is 2.58. The molecule has 8 nitrogen and oxygen atoms in total. The van der Waals surface area contributed by atoms with Gasteiger partial charge >= 0.3 is 5.97 Å². The summed E-state index contributed by atoms with van der Waals surface area (Å²) in [5.74, 6) is -1.81. The molecule has 1 aromatic carbocycles. The van der Waals surface area contributed by atoms with E-state index in [9.17, 15) is 20.0 Å². The van der Waals surface area contributed by atoms with E-state index in [4.69, 9.17) is 4.84 Å². The highest BCUT2D eigenvalue weighted by molar-refractivity contribution is 6.06. The minimum Gasteiger partial charge on any atom is -0.478 e. The maximum Gasteiger partial charge on any atom is 0.334 e. The lowest BCUT2D eigenvalue weighted by Crippen LogP contribution is -2.27. The average molecular weight is 387 g/mol. The number of hydrogen-bond acceptors (Lipinski definition) is 6. The molecule has 150 valence electrons. The molecule has 0 spiro atoms. The SMILES string of the molecule is CCCCONC(C)=C1C(C)=NC(C)=C(C(=O)O)C1c1cccc([N+](=O)[O-])c1. The summed E-state index contributed by atoms with van der Waals surface area (Å²) in [5.41, 5.74) is 5.68. The number of hydroxylamine groups is 1. The number of nitro groups is 1. The topological polar surface area (TPSA) is 114 Å². The third kappa shape index (κ3) is 4.64. The van der Waals surface area contributed by atoms with E-state index in [1.165, 1.54) is 12.1 Å². The minimum absolute atomic E-state index is 0.0933. The first-order valence-electron chi connectivity index (χ1n) is 9.10. The summed E-state index contributed by atoms with van der Waals surface area (Å²) >= 11 is 0. The first-order chi connectivity index (χ1) is 13.3. The van der Waals surface area contributed by atoms with E-state index in [0.717, 1.165) is 12.8 Å². The van der Waals surface area contributed by atoms with Crippen LogP contribution in [0.4, 0.5) is 5.69 Å². The van der Waals surface area contributed by atoms with Crippen molar-refractivity contribution in [3.63, 3.8) is 0 Å². The van der Waals surface area contributed by atoms with Gasteiger partial charge in [0.25, 0.3) is 5.69 Å². The molecule has 0 fully saturated rings. The second-order valence-corrected chi connectivity index (χ2v) is 6.63. The molecule has 0 bridgehead atoms. The maximum absolute atomic E-state index is 12.0. The van der Waals surface area contributed by atoms with Crippen molar-refractivity contribution >= 4 is 17.4 Å². The van der Waals surface area contributed by atoms with Crippen LogP contribution in [0.1, 0.15) is 52.0 Å². The van der Waals surface area contributed by atoms with Gasteiger partial charge in [-0.3, -0.25) is 25.4 Å². The van der Waals surface area contributed by atoms with Gasteiger partial charge in [0.15, 0.2) is 0 Å². The third-order valence-corrected chi connectivity index (χ3v) is 4.57. The molecular weight excluding hydrogens is 362 g/mol. The summed E-state index contributed by atoms with van der Waals surface area (Å²) < 4.78 is 0. The van der Waals surface area contributed by atoms with Gasteiger partial charge in [-0.25, -0.2) is 4.79 Å². The van der Waals surface area contributed by atoms with E-state index < -0.39 is 16.8 Å². The van der Waals surface area contributed by atoms with Gasteiger partial charge in [0, 0.05) is 40.7 Å². The van der Waals surface area contributed by atoms with Crippen LogP contribution in [0.3, 0.4) is 0 Å². The molecule has 1 aromatic rings. The second-order valence-electron chi connectivity index (χ2n) is 6.63. The predicted molar refractivity (Wildman–Crippen MR) is 106 cm³/mol. The Kier molecular flexibility index (Phi) is 7.06. The number of hydrogen-bond donors (Lipinski definition) is 2. The molecule has 0 saturated carbocycles. The number of carboxylic acid groups (broad SMARTS) is 1. The monoisotopic (exact) mass is 387 g/mol. The summed E-state index contributed by atoms with van der Waals surface area (Å²) in [7, 11) is 0. The van der Waals surface area contributed by atoms with Crippen LogP contribution in [0.15, 0.2) is 51.8 Å².